The number of H-pyrrole nitrogens is 1. The molecule has 3 aromatic carbocycles. The standard InChI is InChI=1S/C51H53F4N9O7S/c1-49(2,3)43(46(68)62-27-34(65)23-39(62)44-59-26-37(60-44)30-9-11-31(12-10-30)45(67)57-6)61-40(66)28-70-21-7-8-22-71-35-17-13-29(14-18-35)36-19-16-33(25-58-36)64-48(72)63(47(69)50(64,4)5)38-20-15-32(24-56)41(42(38)52)51(53,54)55/h9-20,25-26,34,39,43,65H,7-8,21-23,27-28H2,1-6H3,(H,57,67)(H,59,60)(H,61,66)/t34-,39+,43-/m1/s1. The van der Waals surface area contributed by atoms with E-state index in [1.807, 2.05) is 20.8 Å². The van der Waals surface area contributed by atoms with Gasteiger partial charge in [0.05, 0.1) is 59.3 Å². The molecule has 4 amide bonds. The molecule has 0 spiro atoms. The van der Waals surface area contributed by atoms with E-state index >= 15 is 4.39 Å². The Hall–Kier alpha value is -7.28. The first-order valence-electron chi connectivity index (χ1n) is 23.0. The number of aliphatic hydroxyl groups excluding tert-OH is 1. The van der Waals surface area contributed by atoms with Crippen molar-refractivity contribution in [1.29, 1.82) is 5.26 Å². The lowest BCUT2D eigenvalue weighted by Crippen LogP contribution is -2.55. The molecule has 378 valence electrons. The Kier molecular flexibility index (Phi) is 15.5. The minimum absolute atomic E-state index is 0.0649. The number of pyridine rings is 1. The van der Waals surface area contributed by atoms with Crippen molar-refractivity contribution in [1.82, 2.24) is 30.5 Å². The van der Waals surface area contributed by atoms with Gasteiger partial charge in [-0.1, -0.05) is 32.9 Å². The van der Waals surface area contributed by atoms with Gasteiger partial charge in [-0.15, -0.1) is 0 Å². The number of rotatable bonds is 16. The number of ether oxygens (including phenoxy) is 2. The number of anilines is 2. The second-order valence-corrected chi connectivity index (χ2v) is 19.2. The number of amides is 4. The SMILES string of the molecule is CNC(=O)c1ccc(-c2c[nH]c([C@@H]3C[C@@H](O)CN3C(=O)[C@@H](NC(=O)COCCCCOc3ccc(-c4ccc(N5C(=S)N(c6ccc(C#N)c(C(F)(F)F)c6F)C(=O)C5(C)C)cn4)cc3)C(C)(C)C)n2)cc1. The largest absolute Gasteiger partial charge is 0.494 e. The van der Waals surface area contributed by atoms with Gasteiger partial charge in [0.25, 0.3) is 11.8 Å². The molecule has 0 aliphatic carbocycles. The molecule has 4 N–H and O–H groups in total. The molecule has 3 atom stereocenters. The maximum Gasteiger partial charge on any atom is 0.420 e. The highest BCUT2D eigenvalue weighted by atomic mass is 32.1. The van der Waals surface area contributed by atoms with Crippen LogP contribution in [-0.4, -0.2) is 105 Å². The summed E-state index contributed by atoms with van der Waals surface area (Å²) in [5.41, 5.74) is -2.07. The Morgan fingerprint density at radius 1 is 0.986 bits per heavy atom. The van der Waals surface area contributed by atoms with Gasteiger partial charge in [0, 0.05) is 49.5 Å². The second-order valence-electron chi connectivity index (χ2n) is 18.9. The molecule has 2 aromatic heterocycles. The molecule has 0 radical (unpaired) electrons. The molecule has 72 heavy (non-hydrogen) atoms. The van der Waals surface area contributed by atoms with Crippen molar-refractivity contribution >= 4 is 52.3 Å². The molecule has 4 heterocycles. The summed E-state index contributed by atoms with van der Waals surface area (Å²) in [6, 6.07) is 19.0. The van der Waals surface area contributed by atoms with Crippen LogP contribution in [-0.2, 0) is 25.3 Å². The number of nitrogens with zero attached hydrogens (tertiary/aromatic N) is 6. The second kappa shape index (κ2) is 21.2. The monoisotopic (exact) mass is 1010 g/mol. The molecule has 5 aromatic rings. The number of alkyl halides is 3. The fourth-order valence-corrected chi connectivity index (χ4v) is 9.06. The third-order valence-corrected chi connectivity index (χ3v) is 12.7. The summed E-state index contributed by atoms with van der Waals surface area (Å²) in [4.78, 5) is 68.9. The summed E-state index contributed by atoms with van der Waals surface area (Å²) < 4.78 is 68.3. The molecule has 2 saturated heterocycles. The first kappa shape index (κ1) is 52.5. The third kappa shape index (κ3) is 11.1. The molecule has 2 aliphatic heterocycles. The molecule has 7 rings (SSSR count). The minimum atomic E-state index is -5.20. The van der Waals surface area contributed by atoms with Gasteiger partial charge in [-0.05, 0) is 105 Å². The lowest BCUT2D eigenvalue weighted by atomic mass is 9.85. The molecule has 21 heteroatoms. The van der Waals surface area contributed by atoms with Gasteiger partial charge in [0.15, 0.2) is 10.9 Å². The Bertz CT molecular complexity index is 2880. The number of nitriles is 1. The average Bonchev–Trinajstić information content (AvgIpc) is 4.03. The van der Waals surface area contributed by atoms with Crippen molar-refractivity contribution in [2.45, 2.75) is 83.8 Å². The van der Waals surface area contributed by atoms with Gasteiger partial charge in [0.1, 0.15) is 35.3 Å². The molecule has 2 aliphatic rings. The third-order valence-electron chi connectivity index (χ3n) is 12.3. The van der Waals surface area contributed by atoms with Crippen LogP contribution >= 0.6 is 12.2 Å². The van der Waals surface area contributed by atoms with Gasteiger partial charge in [-0.3, -0.25) is 29.1 Å². The van der Waals surface area contributed by atoms with Crippen LogP contribution in [0.15, 0.2) is 85.2 Å². The van der Waals surface area contributed by atoms with Crippen molar-refractivity contribution < 1.29 is 51.3 Å². The van der Waals surface area contributed by atoms with E-state index in [9.17, 15) is 42.7 Å². The van der Waals surface area contributed by atoms with Crippen LogP contribution in [0.1, 0.15) is 87.2 Å². The Morgan fingerprint density at radius 3 is 2.28 bits per heavy atom. The van der Waals surface area contributed by atoms with Gasteiger partial charge >= 0.3 is 6.18 Å². The van der Waals surface area contributed by atoms with Crippen LogP contribution in [0.5, 0.6) is 5.75 Å². The first-order valence-corrected chi connectivity index (χ1v) is 23.4. The quantitative estimate of drug-likeness (QED) is 0.0431. The van der Waals surface area contributed by atoms with Crippen LogP contribution in [0.2, 0.25) is 0 Å². The van der Waals surface area contributed by atoms with E-state index in [-0.39, 0.29) is 43.1 Å². The number of benzene rings is 3. The average molecular weight is 1010 g/mol. The maximum atomic E-state index is 15.4. The number of aliphatic hydroxyl groups is 1. The number of hydrogen-bond donors (Lipinski definition) is 4. The summed E-state index contributed by atoms with van der Waals surface area (Å²) in [5.74, 6) is -2.51. The lowest BCUT2D eigenvalue weighted by molar-refractivity contribution is -0.141. The number of halogens is 4. The maximum absolute atomic E-state index is 15.4. The number of aromatic nitrogens is 3. The number of aromatic amines is 1. The van der Waals surface area contributed by atoms with E-state index in [0.29, 0.717) is 58.6 Å². The number of thiocarbonyl (C=S) groups is 1. The van der Waals surface area contributed by atoms with Gasteiger partial charge in [-0.2, -0.15) is 18.4 Å². The highest BCUT2D eigenvalue weighted by Gasteiger charge is 2.52. The number of nitrogens with one attached hydrogen (secondary N) is 3. The van der Waals surface area contributed by atoms with Gasteiger partial charge < -0.3 is 40.0 Å². The molecule has 2 fully saturated rings. The highest BCUT2D eigenvalue weighted by Crippen LogP contribution is 2.42. The Morgan fingerprint density at radius 2 is 1.65 bits per heavy atom. The topological polar surface area (TPSA) is 206 Å². The van der Waals surface area contributed by atoms with Gasteiger partial charge in [-0.25, -0.2) is 9.37 Å². The number of carbonyl (C=O) groups excluding carboxylic acids is 4. The molecule has 16 nitrogen and oxygen atoms in total. The van der Waals surface area contributed by atoms with E-state index in [4.69, 9.17) is 26.7 Å². The van der Waals surface area contributed by atoms with Crippen LogP contribution in [0.4, 0.5) is 28.9 Å². The van der Waals surface area contributed by atoms with Crippen LogP contribution in [0.25, 0.3) is 22.5 Å². The van der Waals surface area contributed by atoms with Crippen LogP contribution < -0.4 is 25.2 Å². The molecular weight excluding hydrogens is 959 g/mol. The zero-order valence-corrected chi connectivity index (χ0v) is 41.1. The fourth-order valence-electron chi connectivity index (χ4n) is 8.55. The number of carbonyl (C=O) groups is 4. The summed E-state index contributed by atoms with van der Waals surface area (Å²) in [5, 5.41) is 25.0. The number of likely N-dealkylation sites (tertiary alicyclic amines) is 1. The highest BCUT2D eigenvalue weighted by molar-refractivity contribution is 7.81. The summed E-state index contributed by atoms with van der Waals surface area (Å²) in [7, 11) is 1.56. The zero-order valence-electron chi connectivity index (χ0n) is 40.3. The van der Waals surface area contributed by atoms with Crippen molar-refractivity contribution in [2.75, 3.05) is 43.2 Å². The van der Waals surface area contributed by atoms with E-state index in [2.05, 4.69) is 20.6 Å². The lowest BCUT2D eigenvalue weighted by Gasteiger charge is -2.35. The van der Waals surface area contributed by atoms with Crippen molar-refractivity contribution in [3.8, 4) is 34.3 Å². The van der Waals surface area contributed by atoms with Crippen molar-refractivity contribution in [3.05, 3.63) is 114 Å². The Balaban J connectivity index is 0.867. The van der Waals surface area contributed by atoms with Crippen LogP contribution in [0.3, 0.4) is 0 Å². The summed E-state index contributed by atoms with van der Waals surface area (Å²) >= 11 is 5.54. The molecule has 0 saturated carbocycles. The fraction of sp³-hybridized carbons (Fsp3) is 0.373. The van der Waals surface area contributed by atoms with Crippen LogP contribution in [0, 0.1) is 22.6 Å². The molecule has 0 bridgehead atoms. The first-order chi connectivity index (χ1) is 34.0. The smallest absolute Gasteiger partial charge is 0.420 e. The predicted octanol–water partition coefficient (Wildman–Crippen LogP) is 7.49. The summed E-state index contributed by atoms with van der Waals surface area (Å²) in [6.07, 6.45) is -1.39. The zero-order chi connectivity index (χ0) is 52.3. The Labute approximate surface area is 418 Å². The van der Waals surface area contributed by atoms with Gasteiger partial charge in [0.2, 0.25) is 11.8 Å². The minimum Gasteiger partial charge on any atom is -0.494 e. The number of imidazole rings is 1. The molecular formula is C51H53F4N9O7S. The number of β-amino-alcohol motifs (C(OH)–C–C–N with tert-alkyl or cyclic N) is 1. The van der Waals surface area contributed by atoms with Crippen molar-refractivity contribution in [2.24, 2.45) is 5.41 Å². The van der Waals surface area contributed by atoms with E-state index in [1.165, 1.54) is 31.0 Å². The number of unbranched alkanes of at least 4 members (excludes halogenated alkanes) is 1. The van der Waals surface area contributed by atoms with E-state index in [0.717, 1.165) is 23.3 Å². The molecule has 0 unspecified atom stereocenters. The normalized spacial score (nSPS) is 17.2. The van der Waals surface area contributed by atoms with E-state index in [1.54, 1.807) is 78.8 Å². The number of hydrogen-bond acceptors (Lipinski definition) is 11. The van der Waals surface area contributed by atoms with Crippen molar-refractivity contribution in [3.63, 3.8) is 0 Å². The predicted molar refractivity (Wildman–Crippen MR) is 262 cm³/mol. The van der Waals surface area contributed by atoms with E-state index < -0.39 is 69.8 Å². The summed E-state index contributed by atoms with van der Waals surface area (Å²) in [6.45, 7) is 8.95.